The number of ether oxygens (including phenoxy) is 3. The quantitative estimate of drug-likeness (QED) is 0.846. The van der Waals surface area contributed by atoms with Gasteiger partial charge in [0.25, 0.3) is 0 Å². The number of carboxylic acid groups (broad SMARTS) is 1. The molecular weight excluding hydrogens is 376 g/mol. The second-order valence-corrected chi connectivity index (χ2v) is 8.33. The van der Waals surface area contributed by atoms with Gasteiger partial charge in [0.2, 0.25) is 5.88 Å². The fourth-order valence-electron chi connectivity index (χ4n) is 3.77. The van der Waals surface area contributed by atoms with E-state index in [4.69, 9.17) is 14.2 Å². The molecule has 0 radical (unpaired) electrons. The molecule has 1 amide bonds. The third-order valence-corrected chi connectivity index (χ3v) is 5.01. The number of carboxylic acids is 1. The third kappa shape index (κ3) is 3.79. The minimum absolute atomic E-state index is 0.116. The van der Waals surface area contributed by atoms with Crippen LogP contribution < -0.4 is 9.47 Å². The Balaban J connectivity index is 1.57. The molecule has 154 valence electrons. The van der Waals surface area contributed by atoms with E-state index in [0.717, 1.165) is 28.5 Å². The highest BCUT2D eigenvalue weighted by molar-refractivity contribution is 5.93. The van der Waals surface area contributed by atoms with E-state index in [1.807, 2.05) is 18.2 Å². The van der Waals surface area contributed by atoms with Gasteiger partial charge in [0.05, 0.1) is 13.2 Å². The van der Waals surface area contributed by atoms with Crippen LogP contribution in [-0.4, -0.2) is 58.0 Å². The molecule has 3 heterocycles. The first-order valence-electron chi connectivity index (χ1n) is 9.65. The van der Waals surface area contributed by atoms with E-state index in [-0.39, 0.29) is 13.0 Å². The lowest BCUT2D eigenvalue weighted by molar-refractivity contribution is -0.142. The van der Waals surface area contributed by atoms with Crippen LogP contribution in [0.4, 0.5) is 4.79 Å². The maximum Gasteiger partial charge on any atom is 0.411 e. The summed E-state index contributed by atoms with van der Waals surface area (Å²) in [6.45, 7) is 5.99. The monoisotopic (exact) mass is 400 g/mol. The molecule has 8 heteroatoms. The number of benzene rings is 1. The van der Waals surface area contributed by atoms with Crippen LogP contribution in [0.25, 0.3) is 10.8 Å². The zero-order valence-electron chi connectivity index (χ0n) is 16.7. The lowest BCUT2D eigenvalue weighted by Crippen LogP contribution is -2.43. The standard InChI is InChI=1S/C21H24N2O6/c1-21(2,3)29-20(26)23-11-13(10-16(23)19(24)25)28-18-15-5-4-12-7-9-27-17(12)14(15)6-8-22-18/h4-6,8,13,16H,7,9-11H2,1-3H3,(H,24,25)/t13?,16-/m0/s1. The second-order valence-electron chi connectivity index (χ2n) is 8.33. The van der Waals surface area contributed by atoms with Crippen molar-refractivity contribution >= 4 is 22.8 Å². The van der Waals surface area contributed by atoms with Gasteiger partial charge in [0, 0.05) is 29.8 Å². The number of likely N-dealkylation sites (tertiary alicyclic amines) is 1. The molecular formula is C21H24N2O6. The average molecular weight is 400 g/mol. The van der Waals surface area contributed by atoms with E-state index >= 15 is 0 Å². The Labute approximate surface area is 168 Å². The molecule has 2 aromatic rings. The molecule has 0 aliphatic carbocycles. The minimum Gasteiger partial charge on any atom is -0.492 e. The van der Waals surface area contributed by atoms with Crippen LogP contribution in [0.1, 0.15) is 32.8 Å². The van der Waals surface area contributed by atoms with Gasteiger partial charge in [-0.05, 0) is 38.5 Å². The number of hydrogen-bond donors (Lipinski definition) is 1. The molecule has 2 aliphatic heterocycles. The lowest BCUT2D eigenvalue weighted by Gasteiger charge is -2.26. The molecule has 0 saturated carbocycles. The van der Waals surface area contributed by atoms with Crippen LogP contribution in [0.15, 0.2) is 24.4 Å². The minimum atomic E-state index is -1.08. The zero-order chi connectivity index (χ0) is 20.8. The number of aliphatic carboxylic acids is 1. The molecule has 0 spiro atoms. The van der Waals surface area contributed by atoms with Crippen LogP contribution in [0.3, 0.4) is 0 Å². The van der Waals surface area contributed by atoms with Crippen molar-refractivity contribution in [1.29, 1.82) is 0 Å². The Bertz CT molecular complexity index is 968. The maximum absolute atomic E-state index is 12.5. The summed E-state index contributed by atoms with van der Waals surface area (Å²) < 4.78 is 17.2. The first-order valence-corrected chi connectivity index (χ1v) is 9.65. The van der Waals surface area contributed by atoms with Gasteiger partial charge in [-0.2, -0.15) is 0 Å². The molecule has 2 atom stereocenters. The Hall–Kier alpha value is -3.03. The summed E-state index contributed by atoms with van der Waals surface area (Å²) in [5, 5.41) is 11.3. The Morgan fingerprint density at radius 1 is 1.24 bits per heavy atom. The highest BCUT2D eigenvalue weighted by Gasteiger charge is 2.43. The van der Waals surface area contributed by atoms with Gasteiger partial charge in [-0.15, -0.1) is 0 Å². The number of aromatic nitrogens is 1. The largest absolute Gasteiger partial charge is 0.492 e. The number of nitrogens with zero attached hydrogens (tertiary/aromatic N) is 2. The number of hydrogen-bond acceptors (Lipinski definition) is 6. The van der Waals surface area contributed by atoms with Gasteiger partial charge in [0.15, 0.2) is 0 Å². The van der Waals surface area contributed by atoms with Gasteiger partial charge in [0.1, 0.15) is 23.5 Å². The Morgan fingerprint density at radius 2 is 2.03 bits per heavy atom. The molecule has 1 unspecified atom stereocenters. The highest BCUT2D eigenvalue weighted by Crippen LogP contribution is 2.37. The van der Waals surface area contributed by atoms with E-state index in [0.29, 0.717) is 12.5 Å². The molecule has 29 heavy (non-hydrogen) atoms. The van der Waals surface area contributed by atoms with Gasteiger partial charge in [-0.1, -0.05) is 6.07 Å². The van der Waals surface area contributed by atoms with Crippen LogP contribution in [0, 0.1) is 0 Å². The predicted molar refractivity (Wildman–Crippen MR) is 104 cm³/mol. The van der Waals surface area contributed by atoms with E-state index in [1.165, 1.54) is 4.90 Å². The molecule has 1 aromatic carbocycles. The molecule has 1 fully saturated rings. The maximum atomic E-state index is 12.5. The molecule has 1 N–H and O–H groups in total. The molecule has 0 bridgehead atoms. The topological polar surface area (TPSA) is 98.2 Å². The Kier molecular flexibility index (Phi) is 4.72. The summed E-state index contributed by atoms with van der Waals surface area (Å²) in [6, 6.07) is 4.83. The number of carbonyl (C=O) groups is 2. The zero-order valence-corrected chi connectivity index (χ0v) is 16.7. The van der Waals surface area contributed by atoms with Gasteiger partial charge < -0.3 is 19.3 Å². The summed E-state index contributed by atoms with van der Waals surface area (Å²) in [5.41, 5.74) is 0.439. The summed E-state index contributed by atoms with van der Waals surface area (Å²) in [6.07, 6.45) is 1.52. The molecule has 1 aromatic heterocycles. The number of pyridine rings is 1. The van der Waals surface area contributed by atoms with Crippen molar-refractivity contribution in [2.24, 2.45) is 0 Å². The van der Waals surface area contributed by atoms with Crippen LogP contribution in [0.5, 0.6) is 11.6 Å². The summed E-state index contributed by atoms with van der Waals surface area (Å²) in [7, 11) is 0. The fourth-order valence-corrected chi connectivity index (χ4v) is 3.77. The van der Waals surface area contributed by atoms with Crippen molar-refractivity contribution in [2.45, 2.75) is 51.4 Å². The van der Waals surface area contributed by atoms with E-state index in [1.54, 1.807) is 27.0 Å². The van der Waals surface area contributed by atoms with Gasteiger partial charge in [-0.25, -0.2) is 14.6 Å². The fraction of sp³-hybridized carbons (Fsp3) is 0.476. The molecule has 4 rings (SSSR count). The third-order valence-electron chi connectivity index (χ3n) is 5.01. The van der Waals surface area contributed by atoms with Crippen LogP contribution in [-0.2, 0) is 16.0 Å². The van der Waals surface area contributed by atoms with Crippen molar-refractivity contribution < 1.29 is 28.9 Å². The number of carbonyl (C=O) groups excluding carboxylic acids is 1. The van der Waals surface area contributed by atoms with Crippen molar-refractivity contribution in [3.05, 3.63) is 30.0 Å². The SMILES string of the molecule is CC(C)(C)OC(=O)N1CC(Oc2nccc3c4c(ccc23)CCO4)C[C@H]1C(=O)O. The van der Waals surface area contributed by atoms with Gasteiger partial charge in [-0.3, -0.25) is 4.90 Å². The number of rotatable bonds is 3. The number of amides is 1. The number of fused-ring (bicyclic) bond motifs is 3. The van der Waals surface area contributed by atoms with E-state index in [9.17, 15) is 14.7 Å². The first-order chi connectivity index (χ1) is 13.7. The second kappa shape index (κ2) is 7.09. The van der Waals surface area contributed by atoms with Crippen LogP contribution in [0.2, 0.25) is 0 Å². The van der Waals surface area contributed by atoms with Crippen molar-refractivity contribution in [1.82, 2.24) is 9.88 Å². The van der Waals surface area contributed by atoms with E-state index in [2.05, 4.69) is 4.98 Å². The van der Waals surface area contributed by atoms with Crippen LogP contribution >= 0.6 is 0 Å². The van der Waals surface area contributed by atoms with Crippen molar-refractivity contribution in [2.75, 3.05) is 13.2 Å². The highest BCUT2D eigenvalue weighted by atomic mass is 16.6. The average Bonchev–Trinajstić information content (AvgIpc) is 3.27. The summed E-state index contributed by atoms with van der Waals surface area (Å²) >= 11 is 0. The van der Waals surface area contributed by atoms with Crippen molar-refractivity contribution in [3.8, 4) is 11.6 Å². The Morgan fingerprint density at radius 3 is 2.76 bits per heavy atom. The summed E-state index contributed by atoms with van der Waals surface area (Å²) in [4.78, 5) is 29.7. The smallest absolute Gasteiger partial charge is 0.411 e. The molecule has 1 saturated heterocycles. The first kappa shape index (κ1) is 19.3. The molecule has 8 nitrogen and oxygen atoms in total. The van der Waals surface area contributed by atoms with Crippen molar-refractivity contribution in [3.63, 3.8) is 0 Å². The van der Waals surface area contributed by atoms with Gasteiger partial charge >= 0.3 is 12.1 Å². The molecule has 2 aliphatic rings. The summed E-state index contributed by atoms with van der Waals surface area (Å²) in [5.74, 6) is 0.167. The van der Waals surface area contributed by atoms with E-state index < -0.39 is 29.8 Å². The lowest BCUT2D eigenvalue weighted by atomic mass is 10.1. The predicted octanol–water partition coefficient (Wildman–Crippen LogP) is 3.01. The normalized spacial score (nSPS) is 21.0.